The molecule has 12 rings (SSSR count). The molecule has 1 aliphatic rings. The van der Waals surface area contributed by atoms with Crippen molar-refractivity contribution < 1.29 is 9.47 Å². The predicted molar refractivity (Wildman–Crippen MR) is 220 cm³/mol. The van der Waals surface area contributed by atoms with Crippen molar-refractivity contribution in [3.8, 4) is 45.5 Å². The number of fused-ring (bicyclic) bond motifs is 12. The summed E-state index contributed by atoms with van der Waals surface area (Å²) in [6, 6.07) is 60.5. The van der Waals surface area contributed by atoms with Gasteiger partial charge < -0.3 is 18.6 Å². The fourth-order valence-corrected chi connectivity index (χ4v) is 9.70. The molecular weight excluding hydrogens is 669 g/mol. The van der Waals surface area contributed by atoms with Gasteiger partial charge in [0.05, 0.1) is 22.1 Å². The van der Waals surface area contributed by atoms with E-state index in [1.165, 1.54) is 58.5 Å². The smallest absolute Gasteiger partial charge is 0.172 e. The van der Waals surface area contributed by atoms with Gasteiger partial charge in [-0.2, -0.15) is 0 Å². The van der Waals surface area contributed by atoms with E-state index in [2.05, 4.69) is 155 Å². The fraction of sp³-hybridized carbons (Fsp3) is 0. The highest BCUT2D eigenvalue weighted by Gasteiger charge is 2.25. The molecule has 0 N–H and O–H groups in total. The lowest BCUT2D eigenvalue weighted by atomic mass is 10.0. The van der Waals surface area contributed by atoms with Crippen molar-refractivity contribution in [2.75, 3.05) is 0 Å². The van der Waals surface area contributed by atoms with Gasteiger partial charge in [-0.3, -0.25) is 0 Å². The number of thiophene rings is 1. The van der Waals surface area contributed by atoms with Gasteiger partial charge in [-0.25, -0.2) is 0 Å². The molecule has 0 amide bonds. The minimum absolute atomic E-state index is 0.706. The van der Waals surface area contributed by atoms with Gasteiger partial charge in [-0.05, 0) is 71.8 Å². The van der Waals surface area contributed by atoms with E-state index in [4.69, 9.17) is 9.47 Å². The van der Waals surface area contributed by atoms with Crippen LogP contribution in [0.2, 0.25) is 0 Å². The summed E-state index contributed by atoms with van der Waals surface area (Å²) in [5.41, 5.74) is 9.19. The van der Waals surface area contributed by atoms with Crippen LogP contribution in [0, 0.1) is 0 Å². The van der Waals surface area contributed by atoms with Crippen LogP contribution in [0.15, 0.2) is 170 Å². The summed E-state index contributed by atoms with van der Waals surface area (Å²) >= 11 is 1.87. The SMILES string of the molecule is c1ccc(-n2c3cc4c(cc3c3c2ccc2c5ccccc5n(-c5ccc(-c6cccc7c6sc6ccccc67)cc5)c23)Oc2ccccc2O4)cc1. The Kier molecular flexibility index (Phi) is 5.90. The zero-order valence-electron chi connectivity index (χ0n) is 28.3. The maximum Gasteiger partial charge on any atom is 0.172 e. The Labute approximate surface area is 307 Å². The Morgan fingerprint density at radius 3 is 1.91 bits per heavy atom. The molecule has 0 unspecified atom stereocenters. The molecule has 0 bridgehead atoms. The van der Waals surface area contributed by atoms with E-state index >= 15 is 0 Å². The molecule has 4 nitrogen and oxygen atoms in total. The Bertz CT molecular complexity index is 3280. The molecule has 53 heavy (non-hydrogen) atoms. The molecule has 3 aromatic heterocycles. The third-order valence-corrected chi connectivity index (χ3v) is 12.0. The number of rotatable bonds is 3. The Balaban J connectivity index is 1.13. The third-order valence-electron chi connectivity index (χ3n) is 10.8. The normalized spacial score (nSPS) is 12.5. The number of para-hydroxylation sites is 4. The van der Waals surface area contributed by atoms with Crippen LogP contribution >= 0.6 is 11.3 Å². The summed E-state index contributed by atoms with van der Waals surface area (Å²) in [6.07, 6.45) is 0. The molecule has 11 aromatic rings. The second kappa shape index (κ2) is 10.8. The Morgan fingerprint density at radius 2 is 1.08 bits per heavy atom. The first kappa shape index (κ1) is 28.8. The monoisotopic (exact) mass is 696 g/mol. The first-order valence-corrected chi connectivity index (χ1v) is 18.7. The van der Waals surface area contributed by atoms with Gasteiger partial charge >= 0.3 is 0 Å². The molecule has 0 fully saturated rings. The van der Waals surface area contributed by atoms with Crippen molar-refractivity contribution >= 4 is 75.1 Å². The highest BCUT2D eigenvalue weighted by molar-refractivity contribution is 7.26. The average molecular weight is 697 g/mol. The van der Waals surface area contributed by atoms with E-state index in [0.29, 0.717) is 11.5 Å². The van der Waals surface area contributed by atoms with Crippen LogP contribution in [0.5, 0.6) is 23.0 Å². The van der Waals surface area contributed by atoms with Crippen LogP contribution in [0.3, 0.4) is 0 Å². The minimum Gasteiger partial charge on any atom is -0.449 e. The molecular formula is C48H28N2O2S. The van der Waals surface area contributed by atoms with Gasteiger partial charge in [0, 0.05) is 59.2 Å². The van der Waals surface area contributed by atoms with E-state index in [-0.39, 0.29) is 0 Å². The maximum absolute atomic E-state index is 6.50. The van der Waals surface area contributed by atoms with Gasteiger partial charge in [0.2, 0.25) is 0 Å². The summed E-state index contributed by atoms with van der Waals surface area (Å²) < 4.78 is 20.4. The Morgan fingerprint density at radius 1 is 0.396 bits per heavy atom. The highest BCUT2D eigenvalue weighted by atomic mass is 32.1. The second-order valence-corrected chi connectivity index (χ2v) is 14.7. The topological polar surface area (TPSA) is 28.3 Å². The largest absolute Gasteiger partial charge is 0.449 e. The van der Waals surface area contributed by atoms with Crippen molar-refractivity contribution in [1.29, 1.82) is 0 Å². The standard InChI is InChI=1S/C48H28N2O2S/c1-2-11-30(12-3-1)49-39-26-25-35-33-13-4-6-17-38(33)50(47(35)46(39)37-27-43-44(28-40(37)49)52-42-19-8-7-18-41(42)51-43)31-23-21-29(22-24-31)32-15-10-16-36-34-14-5-9-20-45(34)53-48(32)36/h1-28H. The lowest BCUT2D eigenvalue weighted by Crippen LogP contribution is -1.99. The maximum atomic E-state index is 6.50. The number of hydrogen-bond acceptors (Lipinski definition) is 3. The summed E-state index contributed by atoms with van der Waals surface area (Å²) in [5, 5.41) is 7.33. The van der Waals surface area contributed by atoms with Crippen molar-refractivity contribution in [2.24, 2.45) is 0 Å². The lowest BCUT2D eigenvalue weighted by molar-refractivity contribution is 0.360. The Hall–Kier alpha value is -6.82. The summed E-state index contributed by atoms with van der Waals surface area (Å²) in [4.78, 5) is 0. The molecule has 0 aliphatic carbocycles. The average Bonchev–Trinajstić information content (AvgIpc) is 3.87. The third kappa shape index (κ3) is 4.11. The van der Waals surface area contributed by atoms with Gasteiger partial charge in [0.25, 0.3) is 0 Å². The minimum atomic E-state index is 0.706. The van der Waals surface area contributed by atoms with Gasteiger partial charge in [-0.15, -0.1) is 11.3 Å². The first-order chi connectivity index (χ1) is 26.3. The van der Waals surface area contributed by atoms with E-state index in [1.54, 1.807) is 0 Å². The first-order valence-electron chi connectivity index (χ1n) is 17.8. The van der Waals surface area contributed by atoms with Crippen LogP contribution in [-0.2, 0) is 0 Å². The molecule has 0 spiro atoms. The van der Waals surface area contributed by atoms with E-state index in [0.717, 1.165) is 39.3 Å². The molecule has 5 heteroatoms. The van der Waals surface area contributed by atoms with Crippen LogP contribution in [-0.4, -0.2) is 9.13 Å². The van der Waals surface area contributed by atoms with Crippen LogP contribution in [0.1, 0.15) is 0 Å². The number of aromatic nitrogens is 2. The molecule has 0 saturated heterocycles. The number of hydrogen-bond donors (Lipinski definition) is 0. The summed E-state index contributed by atoms with van der Waals surface area (Å²) in [5.74, 6) is 2.85. The fourth-order valence-electron chi connectivity index (χ4n) is 8.47. The van der Waals surface area contributed by atoms with Crippen molar-refractivity contribution in [1.82, 2.24) is 9.13 Å². The van der Waals surface area contributed by atoms with E-state index in [9.17, 15) is 0 Å². The van der Waals surface area contributed by atoms with Gasteiger partial charge in [-0.1, -0.05) is 103 Å². The molecule has 248 valence electrons. The van der Waals surface area contributed by atoms with Crippen LogP contribution < -0.4 is 9.47 Å². The van der Waals surface area contributed by atoms with Gasteiger partial charge in [0.1, 0.15) is 0 Å². The molecule has 1 aliphatic heterocycles. The van der Waals surface area contributed by atoms with E-state index < -0.39 is 0 Å². The number of benzene rings is 8. The lowest BCUT2D eigenvalue weighted by Gasteiger charge is -2.20. The predicted octanol–water partition coefficient (Wildman–Crippen LogP) is 13.8. The quantitative estimate of drug-likeness (QED) is 0.184. The molecule has 8 aromatic carbocycles. The number of ether oxygens (including phenoxy) is 2. The van der Waals surface area contributed by atoms with Crippen LogP contribution in [0.25, 0.3) is 86.3 Å². The summed E-state index contributed by atoms with van der Waals surface area (Å²) in [7, 11) is 0. The zero-order chi connectivity index (χ0) is 34.6. The summed E-state index contributed by atoms with van der Waals surface area (Å²) in [6.45, 7) is 0. The van der Waals surface area contributed by atoms with Crippen molar-refractivity contribution in [2.45, 2.75) is 0 Å². The highest BCUT2D eigenvalue weighted by Crippen LogP contribution is 2.50. The van der Waals surface area contributed by atoms with Crippen molar-refractivity contribution in [3.05, 3.63) is 170 Å². The second-order valence-electron chi connectivity index (χ2n) is 13.7. The zero-order valence-corrected chi connectivity index (χ0v) is 29.1. The van der Waals surface area contributed by atoms with Crippen molar-refractivity contribution in [3.63, 3.8) is 0 Å². The molecule has 0 atom stereocenters. The van der Waals surface area contributed by atoms with Crippen LogP contribution in [0.4, 0.5) is 0 Å². The van der Waals surface area contributed by atoms with E-state index in [1.807, 2.05) is 35.6 Å². The van der Waals surface area contributed by atoms with Gasteiger partial charge in [0.15, 0.2) is 23.0 Å². The number of nitrogens with zero attached hydrogens (tertiary/aromatic N) is 2. The molecule has 0 saturated carbocycles. The molecule has 4 heterocycles. The molecule has 0 radical (unpaired) electrons.